The number of nitrogens with one attached hydrogen (secondary N) is 1. The standard InChI is InChI=1S/C26H19F2N3O2S/c27-19-8-5-16(6-9-19)17-11-13-30(14-12-17)24(32)18-7-10-20-22(15-18)29-26(34)31(25(20)33)23-4-2-1-3-21(23)28/h1-11,15H,12-14H2,(H,29,34). The van der Waals surface area contributed by atoms with E-state index in [2.05, 4.69) is 4.98 Å². The number of benzene rings is 3. The van der Waals surface area contributed by atoms with E-state index in [-0.39, 0.29) is 22.2 Å². The predicted octanol–water partition coefficient (Wildman–Crippen LogP) is 5.26. The van der Waals surface area contributed by atoms with Gasteiger partial charge in [-0.2, -0.15) is 0 Å². The number of aromatic amines is 1. The van der Waals surface area contributed by atoms with E-state index in [1.807, 2.05) is 6.08 Å². The van der Waals surface area contributed by atoms with Crippen LogP contribution in [0, 0.1) is 16.4 Å². The number of carbonyl (C=O) groups is 1. The SMILES string of the molecule is O=C(c1ccc2c(=O)n(-c3ccccc3F)c(=S)[nH]c2c1)N1CC=C(c2ccc(F)cc2)CC1. The fraction of sp³-hybridized carbons (Fsp3) is 0.115. The molecule has 0 aliphatic carbocycles. The van der Waals surface area contributed by atoms with Crippen LogP contribution in [0.15, 0.2) is 77.6 Å². The molecule has 34 heavy (non-hydrogen) atoms. The molecule has 1 N–H and O–H groups in total. The Labute approximate surface area is 198 Å². The smallest absolute Gasteiger partial charge is 0.266 e. The fourth-order valence-corrected chi connectivity index (χ4v) is 4.46. The van der Waals surface area contributed by atoms with Crippen LogP contribution in [-0.2, 0) is 0 Å². The minimum Gasteiger partial charge on any atom is -0.335 e. The summed E-state index contributed by atoms with van der Waals surface area (Å²) in [7, 11) is 0. The Hall–Kier alpha value is -3.91. The number of amides is 1. The molecular weight excluding hydrogens is 456 g/mol. The summed E-state index contributed by atoms with van der Waals surface area (Å²) in [5, 5.41) is 0.297. The van der Waals surface area contributed by atoms with Gasteiger partial charge >= 0.3 is 0 Å². The maximum Gasteiger partial charge on any atom is 0.266 e. The maximum absolute atomic E-state index is 14.3. The zero-order valence-corrected chi connectivity index (χ0v) is 18.7. The van der Waals surface area contributed by atoms with Crippen LogP contribution in [0.3, 0.4) is 0 Å². The van der Waals surface area contributed by atoms with E-state index in [1.54, 1.807) is 41.3 Å². The molecule has 5 rings (SSSR count). The first-order chi connectivity index (χ1) is 16.4. The number of halogens is 2. The molecular formula is C26H19F2N3O2S. The predicted molar refractivity (Wildman–Crippen MR) is 130 cm³/mol. The summed E-state index contributed by atoms with van der Waals surface area (Å²) in [5.74, 6) is -1.02. The molecule has 1 aromatic heterocycles. The Balaban J connectivity index is 1.44. The van der Waals surface area contributed by atoms with E-state index in [4.69, 9.17) is 12.2 Å². The number of rotatable bonds is 3. The fourth-order valence-electron chi connectivity index (χ4n) is 4.17. The molecule has 0 saturated carbocycles. The normalized spacial score (nSPS) is 13.7. The van der Waals surface area contributed by atoms with Crippen molar-refractivity contribution in [1.82, 2.24) is 14.5 Å². The van der Waals surface area contributed by atoms with Crippen LogP contribution in [0.5, 0.6) is 0 Å². The topological polar surface area (TPSA) is 58.1 Å². The van der Waals surface area contributed by atoms with E-state index >= 15 is 0 Å². The Morgan fingerprint density at radius 1 is 1.00 bits per heavy atom. The van der Waals surface area contributed by atoms with Crippen LogP contribution in [0.2, 0.25) is 0 Å². The van der Waals surface area contributed by atoms with Gasteiger partial charge in [0.2, 0.25) is 0 Å². The largest absolute Gasteiger partial charge is 0.335 e. The van der Waals surface area contributed by atoms with Gasteiger partial charge in [0.15, 0.2) is 4.77 Å². The molecule has 0 radical (unpaired) electrons. The van der Waals surface area contributed by atoms with Crippen LogP contribution in [-0.4, -0.2) is 33.4 Å². The summed E-state index contributed by atoms with van der Waals surface area (Å²) in [6.45, 7) is 0.944. The molecule has 3 aromatic carbocycles. The second kappa shape index (κ2) is 8.79. The van der Waals surface area contributed by atoms with E-state index < -0.39 is 11.4 Å². The molecule has 1 amide bonds. The highest BCUT2D eigenvalue weighted by atomic mass is 32.1. The van der Waals surface area contributed by atoms with Gasteiger partial charge in [-0.15, -0.1) is 0 Å². The van der Waals surface area contributed by atoms with E-state index in [9.17, 15) is 18.4 Å². The molecule has 0 atom stereocenters. The van der Waals surface area contributed by atoms with Crippen molar-refractivity contribution in [2.75, 3.05) is 13.1 Å². The summed E-state index contributed by atoms with van der Waals surface area (Å²) in [5.41, 5.74) is 2.44. The zero-order valence-electron chi connectivity index (χ0n) is 17.9. The number of nitrogens with zero attached hydrogens (tertiary/aromatic N) is 2. The molecule has 0 fully saturated rings. The summed E-state index contributed by atoms with van der Waals surface area (Å²) in [4.78, 5) is 30.8. The van der Waals surface area contributed by atoms with Crippen molar-refractivity contribution in [2.24, 2.45) is 0 Å². The Kier molecular flexibility index (Phi) is 5.67. The molecule has 5 nitrogen and oxygen atoms in total. The van der Waals surface area contributed by atoms with E-state index in [1.165, 1.54) is 30.3 Å². The van der Waals surface area contributed by atoms with Gasteiger partial charge in [-0.25, -0.2) is 13.3 Å². The third kappa shape index (κ3) is 3.97. The third-order valence-corrected chi connectivity index (χ3v) is 6.23. The number of hydrogen-bond acceptors (Lipinski definition) is 3. The van der Waals surface area contributed by atoms with Crippen LogP contribution >= 0.6 is 12.2 Å². The monoisotopic (exact) mass is 475 g/mol. The quantitative estimate of drug-likeness (QED) is 0.412. The van der Waals surface area contributed by atoms with Gasteiger partial charge in [-0.3, -0.25) is 9.59 Å². The molecule has 2 heterocycles. The van der Waals surface area contributed by atoms with Crippen molar-refractivity contribution < 1.29 is 13.6 Å². The van der Waals surface area contributed by atoms with E-state index in [0.29, 0.717) is 36.0 Å². The zero-order chi connectivity index (χ0) is 23.8. The minimum atomic E-state index is -0.562. The molecule has 0 spiro atoms. The average Bonchev–Trinajstić information content (AvgIpc) is 2.85. The molecule has 1 aliphatic rings. The maximum atomic E-state index is 14.3. The number of H-pyrrole nitrogens is 1. The minimum absolute atomic E-state index is 0.0389. The van der Waals surface area contributed by atoms with Crippen molar-refractivity contribution in [3.05, 3.63) is 111 Å². The molecule has 0 bridgehead atoms. The molecule has 0 unspecified atom stereocenters. The molecule has 170 valence electrons. The highest BCUT2D eigenvalue weighted by Gasteiger charge is 2.20. The number of aromatic nitrogens is 2. The summed E-state index contributed by atoms with van der Waals surface area (Å²) >= 11 is 5.32. The van der Waals surface area contributed by atoms with Gasteiger partial charge < -0.3 is 9.88 Å². The summed E-state index contributed by atoms with van der Waals surface area (Å²) in [6.07, 6.45) is 2.62. The van der Waals surface area contributed by atoms with Gasteiger partial charge in [0.25, 0.3) is 11.5 Å². The summed E-state index contributed by atoms with van der Waals surface area (Å²) in [6, 6.07) is 17.0. The first kappa shape index (κ1) is 21.9. The molecule has 1 aliphatic heterocycles. The van der Waals surface area contributed by atoms with Crippen molar-refractivity contribution in [2.45, 2.75) is 6.42 Å². The van der Waals surface area contributed by atoms with Crippen LogP contribution in [0.4, 0.5) is 8.78 Å². The van der Waals surface area contributed by atoms with Crippen molar-refractivity contribution >= 4 is 34.6 Å². The highest BCUT2D eigenvalue weighted by Crippen LogP contribution is 2.24. The lowest BCUT2D eigenvalue weighted by atomic mass is 9.99. The second-order valence-electron chi connectivity index (χ2n) is 8.02. The number of para-hydroxylation sites is 1. The number of fused-ring (bicyclic) bond motifs is 1. The van der Waals surface area contributed by atoms with Gasteiger partial charge in [0.05, 0.1) is 16.6 Å². The molecule has 4 aromatic rings. The van der Waals surface area contributed by atoms with Crippen LogP contribution < -0.4 is 5.56 Å². The number of hydrogen-bond donors (Lipinski definition) is 1. The lowest BCUT2D eigenvalue weighted by Crippen LogP contribution is -2.34. The molecule has 0 saturated heterocycles. The van der Waals surface area contributed by atoms with Gasteiger partial charge in [0, 0.05) is 18.7 Å². The Bertz CT molecular complexity index is 1570. The van der Waals surface area contributed by atoms with Crippen molar-refractivity contribution in [3.63, 3.8) is 0 Å². The summed E-state index contributed by atoms with van der Waals surface area (Å²) < 4.78 is 28.6. The Morgan fingerprint density at radius 3 is 2.47 bits per heavy atom. The van der Waals surface area contributed by atoms with E-state index in [0.717, 1.165) is 15.7 Å². The van der Waals surface area contributed by atoms with Crippen LogP contribution in [0.25, 0.3) is 22.2 Å². The van der Waals surface area contributed by atoms with Gasteiger partial charge in [0.1, 0.15) is 11.6 Å². The molecule has 8 heteroatoms. The lowest BCUT2D eigenvalue weighted by Gasteiger charge is -2.27. The highest BCUT2D eigenvalue weighted by molar-refractivity contribution is 7.71. The van der Waals surface area contributed by atoms with Crippen molar-refractivity contribution in [1.29, 1.82) is 0 Å². The Morgan fingerprint density at radius 2 is 1.76 bits per heavy atom. The third-order valence-electron chi connectivity index (χ3n) is 5.95. The first-order valence-corrected chi connectivity index (χ1v) is 11.1. The average molecular weight is 476 g/mol. The van der Waals surface area contributed by atoms with Gasteiger partial charge in [-0.1, -0.05) is 30.3 Å². The number of carbonyl (C=O) groups excluding carboxylic acids is 1. The second-order valence-corrected chi connectivity index (χ2v) is 8.41. The van der Waals surface area contributed by atoms with Gasteiger partial charge in [-0.05, 0) is 72.2 Å². The van der Waals surface area contributed by atoms with Crippen molar-refractivity contribution in [3.8, 4) is 5.69 Å². The van der Waals surface area contributed by atoms with Crippen LogP contribution in [0.1, 0.15) is 22.3 Å². The lowest BCUT2D eigenvalue weighted by molar-refractivity contribution is 0.0773. The first-order valence-electron chi connectivity index (χ1n) is 10.7.